The lowest BCUT2D eigenvalue weighted by molar-refractivity contribution is 0.0736. The number of hydrogen-bond donors (Lipinski definition) is 1. The molecule has 0 radical (unpaired) electrons. The van der Waals surface area contributed by atoms with Gasteiger partial charge in [-0.2, -0.15) is 11.3 Å². The Balaban J connectivity index is 1.73. The number of ether oxygens (including phenoxy) is 1. The predicted molar refractivity (Wildman–Crippen MR) is 80.9 cm³/mol. The smallest absolute Gasteiger partial charge is 0.413 e. The summed E-state index contributed by atoms with van der Waals surface area (Å²) in [5, 5.41) is 6.83. The standard InChI is InChI=1S/C13H13N3O3S2/c1-19-13(18)15-12-14-9-2-4-16(6-10(9)21-12)11(17)8-3-5-20-7-8/h3,5,7H,2,4,6H2,1H3,(H,14,15,18). The van der Waals surface area contributed by atoms with Crippen LogP contribution in [0.3, 0.4) is 0 Å². The molecule has 1 aliphatic rings. The van der Waals surface area contributed by atoms with Crippen LogP contribution in [-0.2, 0) is 17.7 Å². The summed E-state index contributed by atoms with van der Waals surface area (Å²) in [6.07, 6.45) is 0.164. The van der Waals surface area contributed by atoms with Crippen molar-refractivity contribution in [3.8, 4) is 0 Å². The van der Waals surface area contributed by atoms with Crippen molar-refractivity contribution in [3.63, 3.8) is 0 Å². The van der Waals surface area contributed by atoms with Crippen LogP contribution >= 0.6 is 22.7 Å². The molecule has 2 amide bonds. The quantitative estimate of drug-likeness (QED) is 0.922. The van der Waals surface area contributed by atoms with Crippen LogP contribution in [0.2, 0.25) is 0 Å². The van der Waals surface area contributed by atoms with E-state index >= 15 is 0 Å². The van der Waals surface area contributed by atoms with Crippen molar-refractivity contribution < 1.29 is 14.3 Å². The number of hydrogen-bond acceptors (Lipinski definition) is 6. The molecule has 21 heavy (non-hydrogen) atoms. The highest BCUT2D eigenvalue weighted by atomic mass is 32.1. The monoisotopic (exact) mass is 323 g/mol. The molecule has 6 nitrogen and oxygen atoms in total. The number of rotatable bonds is 2. The van der Waals surface area contributed by atoms with Gasteiger partial charge in [-0.3, -0.25) is 10.1 Å². The van der Waals surface area contributed by atoms with Gasteiger partial charge >= 0.3 is 6.09 Å². The Morgan fingerprint density at radius 3 is 3.05 bits per heavy atom. The highest BCUT2D eigenvalue weighted by molar-refractivity contribution is 7.15. The summed E-state index contributed by atoms with van der Waals surface area (Å²) < 4.78 is 4.55. The minimum Gasteiger partial charge on any atom is -0.453 e. The molecule has 0 saturated carbocycles. The van der Waals surface area contributed by atoms with Crippen LogP contribution in [0.4, 0.5) is 9.93 Å². The van der Waals surface area contributed by atoms with Crippen molar-refractivity contribution in [1.29, 1.82) is 0 Å². The molecule has 0 atom stereocenters. The van der Waals surface area contributed by atoms with Crippen molar-refractivity contribution in [2.75, 3.05) is 19.0 Å². The third-order valence-corrected chi connectivity index (χ3v) is 4.86. The summed E-state index contributed by atoms with van der Waals surface area (Å²) in [6.45, 7) is 1.17. The molecule has 3 rings (SSSR count). The number of carbonyl (C=O) groups excluding carboxylic acids is 2. The predicted octanol–water partition coefficient (Wildman–Crippen LogP) is 2.58. The topological polar surface area (TPSA) is 71.5 Å². The number of carbonyl (C=O) groups is 2. The second-order valence-corrected chi connectivity index (χ2v) is 6.36. The minimum atomic E-state index is -0.535. The van der Waals surface area contributed by atoms with Gasteiger partial charge in [-0.05, 0) is 11.4 Å². The van der Waals surface area contributed by atoms with E-state index in [-0.39, 0.29) is 5.91 Å². The maximum Gasteiger partial charge on any atom is 0.413 e. The molecule has 0 bridgehead atoms. The number of amides is 2. The number of thiazole rings is 1. The van der Waals surface area contributed by atoms with Gasteiger partial charge in [0.05, 0.1) is 24.9 Å². The van der Waals surface area contributed by atoms with Gasteiger partial charge in [-0.15, -0.1) is 0 Å². The minimum absolute atomic E-state index is 0.0396. The van der Waals surface area contributed by atoms with E-state index in [1.165, 1.54) is 29.8 Å². The number of aromatic nitrogens is 1. The van der Waals surface area contributed by atoms with Gasteiger partial charge in [0.25, 0.3) is 5.91 Å². The lowest BCUT2D eigenvalue weighted by Gasteiger charge is -2.25. The van der Waals surface area contributed by atoms with Crippen LogP contribution in [0.5, 0.6) is 0 Å². The average Bonchev–Trinajstić information content (AvgIpc) is 3.14. The summed E-state index contributed by atoms with van der Waals surface area (Å²) in [5.74, 6) is 0.0396. The van der Waals surface area contributed by atoms with Gasteiger partial charge in [0.1, 0.15) is 0 Å². The van der Waals surface area contributed by atoms with E-state index in [0.717, 1.165) is 16.1 Å². The maximum atomic E-state index is 12.3. The van der Waals surface area contributed by atoms with Crippen LogP contribution < -0.4 is 5.32 Å². The Bertz CT molecular complexity index is 666. The molecule has 8 heteroatoms. The lowest BCUT2D eigenvalue weighted by Crippen LogP contribution is -2.35. The molecule has 0 saturated heterocycles. The van der Waals surface area contributed by atoms with Gasteiger partial charge in [0.2, 0.25) is 0 Å². The normalized spacial score (nSPS) is 13.7. The molecular formula is C13H13N3O3S2. The van der Waals surface area contributed by atoms with Crippen molar-refractivity contribution in [1.82, 2.24) is 9.88 Å². The molecular weight excluding hydrogens is 310 g/mol. The van der Waals surface area contributed by atoms with Crippen LogP contribution in [0.1, 0.15) is 20.9 Å². The number of anilines is 1. The van der Waals surface area contributed by atoms with Gasteiger partial charge in [-0.25, -0.2) is 9.78 Å². The van der Waals surface area contributed by atoms with Crippen LogP contribution in [0.15, 0.2) is 16.8 Å². The molecule has 0 fully saturated rings. The van der Waals surface area contributed by atoms with Gasteiger partial charge in [0.15, 0.2) is 5.13 Å². The first-order valence-corrected chi connectivity index (χ1v) is 8.08. The molecule has 0 unspecified atom stereocenters. The highest BCUT2D eigenvalue weighted by Gasteiger charge is 2.25. The summed E-state index contributed by atoms with van der Waals surface area (Å²) in [6, 6.07) is 1.83. The van der Waals surface area contributed by atoms with Gasteiger partial charge in [0, 0.05) is 23.2 Å². The third-order valence-electron chi connectivity index (χ3n) is 3.18. The Kier molecular flexibility index (Phi) is 3.89. The number of thiophene rings is 1. The molecule has 1 aliphatic heterocycles. The SMILES string of the molecule is COC(=O)Nc1nc2c(s1)CN(C(=O)c1ccsc1)CC2. The Morgan fingerprint density at radius 1 is 1.48 bits per heavy atom. The molecule has 2 aromatic heterocycles. The lowest BCUT2D eigenvalue weighted by atomic mass is 10.1. The van der Waals surface area contributed by atoms with Crippen molar-refractivity contribution in [2.45, 2.75) is 13.0 Å². The molecule has 0 aromatic carbocycles. The average molecular weight is 323 g/mol. The second-order valence-electron chi connectivity index (χ2n) is 4.49. The fourth-order valence-corrected chi connectivity index (χ4v) is 3.77. The zero-order chi connectivity index (χ0) is 14.8. The first kappa shape index (κ1) is 14.0. The molecule has 1 N–H and O–H groups in total. The van der Waals surface area contributed by atoms with Gasteiger partial charge < -0.3 is 9.64 Å². The molecule has 3 heterocycles. The van der Waals surface area contributed by atoms with E-state index in [0.29, 0.717) is 24.6 Å². The fraction of sp³-hybridized carbons (Fsp3) is 0.308. The zero-order valence-corrected chi connectivity index (χ0v) is 12.9. The fourth-order valence-electron chi connectivity index (χ4n) is 2.13. The zero-order valence-electron chi connectivity index (χ0n) is 11.3. The molecule has 0 spiro atoms. The van der Waals surface area contributed by atoms with Gasteiger partial charge in [-0.1, -0.05) is 11.3 Å². The Hall–Kier alpha value is -1.93. The van der Waals surface area contributed by atoms with E-state index in [4.69, 9.17) is 0 Å². The first-order chi connectivity index (χ1) is 10.2. The van der Waals surface area contributed by atoms with Crippen LogP contribution in [0.25, 0.3) is 0 Å². The van der Waals surface area contributed by atoms with E-state index in [9.17, 15) is 9.59 Å². The first-order valence-electron chi connectivity index (χ1n) is 6.32. The summed E-state index contributed by atoms with van der Waals surface area (Å²) >= 11 is 2.90. The number of nitrogens with zero attached hydrogens (tertiary/aromatic N) is 2. The molecule has 0 aliphatic carbocycles. The number of methoxy groups -OCH3 is 1. The van der Waals surface area contributed by atoms with Crippen molar-refractivity contribution in [3.05, 3.63) is 33.0 Å². The van der Waals surface area contributed by atoms with Crippen molar-refractivity contribution in [2.24, 2.45) is 0 Å². The molecule has 2 aromatic rings. The number of nitrogens with one attached hydrogen (secondary N) is 1. The molecule has 110 valence electrons. The summed E-state index contributed by atoms with van der Waals surface area (Å²) in [7, 11) is 1.31. The van der Waals surface area contributed by atoms with Crippen molar-refractivity contribution >= 4 is 39.8 Å². The van der Waals surface area contributed by atoms with E-state index in [2.05, 4.69) is 15.0 Å². The highest BCUT2D eigenvalue weighted by Crippen LogP contribution is 2.29. The van der Waals surface area contributed by atoms with E-state index in [1.807, 2.05) is 21.7 Å². The van der Waals surface area contributed by atoms with Crippen LogP contribution in [-0.4, -0.2) is 35.5 Å². The van der Waals surface area contributed by atoms with E-state index < -0.39 is 6.09 Å². The number of fused-ring (bicyclic) bond motifs is 1. The summed E-state index contributed by atoms with van der Waals surface area (Å²) in [4.78, 5) is 30.7. The second kappa shape index (κ2) is 5.82. The largest absolute Gasteiger partial charge is 0.453 e. The van der Waals surface area contributed by atoms with Crippen LogP contribution in [0, 0.1) is 0 Å². The third kappa shape index (κ3) is 2.91. The maximum absolute atomic E-state index is 12.3. The Morgan fingerprint density at radius 2 is 2.33 bits per heavy atom. The van der Waals surface area contributed by atoms with E-state index in [1.54, 1.807) is 0 Å². The summed E-state index contributed by atoms with van der Waals surface area (Å²) in [5.41, 5.74) is 1.67. The Labute approximate surface area is 129 Å².